The Labute approximate surface area is 268 Å². The SMILES string of the molecule is O=C(O)CCC(NC(=O)NC(CCCCNC(=O)CCCCCCCCCCNCCc1nccn1CC(=O)O)C(=O)O)C(=O)O. The van der Waals surface area contributed by atoms with Crippen molar-refractivity contribution in [2.24, 2.45) is 0 Å². The molecular formula is C30H50N6O10. The van der Waals surface area contributed by atoms with Gasteiger partial charge in [0.15, 0.2) is 0 Å². The molecule has 0 bridgehead atoms. The number of hydrogen-bond donors (Lipinski definition) is 8. The van der Waals surface area contributed by atoms with Gasteiger partial charge in [-0.3, -0.25) is 14.4 Å². The van der Waals surface area contributed by atoms with Crippen molar-refractivity contribution in [1.29, 1.82) is 0 Å². The number of aliphatic carboxylic acids is 4. The molecule has 1 aromatic heterocycles. The van der Waals surface area contributed by atoms with Crippen LogP contribution in [0.5, 0.6) is 0 Å². The zero-order valence-electron chi connectivity index (χ0n) is 26.4. The number of carbonyl (C=O) groups is 6. The predicted molar refractivity (Wildman–Crippen MR) is 166 cm³/mol. The van der Waals surface area contributed by atoms with Crippen LogP contribution in [0.3, 0.4) is 0 Å². The molecule has 0 spiro atoms. The van der Waals surface area contributed by atoms with Gasteiger partial charge in [0.1, 0.15) is 24.5 Å². The van der Waals surface area contributed by atoms with E-state index in [1.165, 1.54) is 0 Å². The number of unbranched alkanes of at least 4 members (excludes halogenated alkanes) is 8. The van der Waals surface area contributed by atoms with Crippen molar-refractivity contribution >= 4 is 35.8 Å². The normalized spacial score (nSPS) is 12.2. The maximum atomic E-state index is 12.1. The van der Waals surface area contributed by atoms with Gasteiger partial charge in [-0.1, -0.05) is 38.5 Å². The molecule has 2 atom stereocenters. The number of nitrogens with zero attached hydrogens (tertiary/aromatic N) is 2. The Morgan fingerprint density at radius 3 is 1.87 bits per heavy atom. The molecule has 0 saturated carbocycles. The fraction of sp³-hybridized carbons (Fsp3) is 0.700. The van der Waals surface area contributed by atoms with Crippen molar-refractivity contribution in [3.8, 4) is 0 Å². The largest absolute Gasteiger partial charge is 0.481 e. The van der Waals surface area contributed by atoms with E-state index >= 15 is 0 Å². The highest BCUT2D eigenvalue weighted by Gasteiger charge is 2.24. The zero-order chi connectivity index (χ0) is 34.2. The van der Waals surface area contributed by atoms with Gasteiger partial charge in [0.2, 0.25) is 5.91 Å². The van der Waals surface area contributed by atoms with Gasteiger partial charge in [-0.25, -0.2) is 19.4 Å². The van der Waals surface area contributed by atoms with Crippen molar-refractivity contribution in [2.45, 2.75) is 115 Å². The summed E-state index contributed by atoms with van der Waals surface area (Å²) in [7, 11) is 0. The summed E-state index contributed by atoms with van der Waals surface area (Å²) in [5.41, 5.74) is 0. The number of urea groups is 1. The molecule has 3 amide bonds. The Bertz CT molecular complexity index is 1100. The van der Waals surface area contributed by atoms with Crippen LogP contribution in [0.1, 0.15) is 95.7 Å². The fourth-order valence-corrected chi connectivity index (χ4v) is 4.71. The van der Waals surface area contributed by atoms with Crippen LogP contribution < -0.4 is 21.3 Å². The molecule has 1 heterocycles. The molecule has 1 rings (SSSR count). The van der Waals surface area contributed by atoms with Crippen LogP contribution >= 0.6 is 0 Å². The highest BCUT2D eigenvalue weighted by atomic mass is 16.4. The van der Waals surface area contributed by atoms with E-state index in [1.54, 1.807) is 17.0 Å². The molecule has 0 aliphatic rings. The molecule has 1 aromatic rings. The van der Waals surface area contributed by atoms with E-state index in [0.29, 0.717) is 32.2 Å². The molecule has 0 aliphatic heterocycles. The average Bonchev–Trinajstić information content (AvgIpc) is 3.42. The van der Waals surface area contributed by atoms with Gasteiger partial charge in [-0.2, -0.15) is 0 Å². The Balaban J connectivity index is 2.01. The number of hydrogen-bond acceptors (Lipinski definition) is 8. The first-order valence-electron chi connectivity index (χ1n) is 15.9. The summed E-state index contributed by atoms with van der Waals surface area (Å²) in [4.78, 5) is 72.5. The number of aromatic nitrogens is 2. The minimum absolute atomic E-state index is 0.0632. The van der Waals surface area contributed by atoms with Gasteiger partial charge in [0.05, 0.1) is 0 Å². The first-order valence-corrected chi connectivity index (χ1v) is 15.9. The first kappa shape index (κ1) is 39.8. The quantitative estimate of drug-likeness (QED) is 0.0604. The van der Waals surface area contributed by atoms with Gasteiger partial charge in [0, 0.05) is 44.7 Å². The van der Waals surface area contributed by atoms with Gasteiger partial charge in [-0.15, -0.1) is 0 Å². The lowest BCUT2D eigenvalue weighted by Gasteiger charge is -2.18. The van der Waals surface area contributed by atoms with Crippen LogP contribution in [-0.2, 0) is 36.9 Å². The summed E-state index contributed by atoms with van der Waals surface area (Å²) in [6.45, 7) is 1.96. The zero-order valence-corrected chi connectivity index (χ0v) is 26.4. The molecule has 16 nitrogen and oxygen atoms in total. The van der Waals surface area contributed by atoms with Crippen molar-refractivity contribution in [1.82, 2.24) is 30.8 Å². The summed E-state index contributed by atoms with van der Waals surface area (Å²) < 4.78 is 1.64. The minimum Gasteiger partial charge on any atom is -0.481 e. The Hall–Kier alpha value is -4.21. The van der Waals surface area contributed by atoms with Crippen LogP contribution in [0.4, 0.5) is 4.79 Å². The van der Waals surface area contributed by atoms with E-state index in [4.69, 9.17) is 15.3 Å². The third-order valence-corrected chi connectivity index (χ3v) is 7.24. The molecule has 0 saturated heterocycles. The molecule has 2 unspecified atom stereocenters. The average molecular weight is 655 g/mol. The molecule has 0 aliphatic carbocycles. The number of carbonyl (C=O) groups excluding carboxylic acids is 2. The lowest BCUT2D eigenvalue weighted by Crippen LogP contribution is -2.51. The molecule has 0 fully saturated rings. The van der Waals surface area contributed by atoms with Crippen molar-refractivity contribution < 1.29 is 49.2 Å². The molecule has 0 radical (unpaired) electrons. The summed E-state index contributed by atoms with van der Waals surface area (Å²) in [5, 5.41) is 46.5. The number of carboxylic acids is 4. The second-order valence-electron chi connectivity index (χ2n) is 11.1. The van der Waals surface area contributed by atoms with Gasteiger partial charge in [-0.05, 0) is 45.1 Å². The second kappa shape index (κ2) is 24.1. The van der Waals surface area contributed by atoms with Crippen molar-refractivity contribution in [2.75, 3.05) is 19.6 Å². The third kappa shape index (κ3) is 19.9. The maximum Gasteiger partial charge on any atom is 0.326 e. The van der Waals surface area contributed by atoms with E-state index in [1.807, 2.05) is 0 Å². The highest BCUT2D eigenvalue weighted by Crippen LogP contribution is 2.10. The lowest BCUT2D eigenvalue weighted by atomic mass is 10.1. The molecule has 0 aromatic carbocycles. The minimum atomic E-state index is -1.46. The van der Waals surface area contributed by atoms with E-state index in [-0.39, 0.29) is 25.3 Å². The summed E-state index contributed by atoms with van der Waals surface area (Å²) in [5.74, 6) is -4.12. The van der Waals surface area contributed by atoms with Gasteiger partial charge < -0.3 is 46.3 Å². The molecule has 8 N–H and O–H groups in total. The van der Waals surface area contributed by atoms with Crippen molar-refractivity contribution in [3.63, 3.8) is 0 Å². The summed E-state index contributed by atoms with van der Waals surface area (Å²) in [6, 6.07) is -3.74. The topological polar surface area (TPSA) is 249 Å². The highest BCUT2D eigenvalue weighted by molar-refractivity contribution is 5.86. The van der Waals surface area contributed by atoms with E-state index < -0.39 is 48.4 Å². The van der Waals surface area contributed by atoms with Crippen LogP contribution in [-0.4, -0.2) is 97.5 Å². The summed E-state index contributed by atoms with van der Waals surface area (Å²) in [6.07, 6.45) is 13.1. The van der Waals surface area contributed by atoms with Crippen LogP contribution in [0, 0.1) is 0 Å². The van der Waals surface area contributed by atoms with Crippen LogP contribution in [0.2, 0.25) is 0 Å². The number of imidazole rings is 1. The monoisotopic (exact) mass is 654 g/mol. The number of amides is 3. The number of carboxylic acid groups (broad SMARTS) is 4. The summed E-state index contributed by atoms with van der Waals surface area (Å²) >= 11 is 0. The molecule has 46 heavy (non-hydrogen) atoms. The third-order valence-electron chi connectivity index (χ3n) is 7.24. The fourth-order valence-electron chi connectivity index (χ4n) is 4.71. The van der Waals surface area contributed by atoms with Crippen LogP contribution in [0.15, 0.2) is 12.4 Å². The Morgan fingerprint density at radius 2 is 1.26 bits per heavy atom. The molecule has 260 valence electrons. The second-order valence-corrected chi connectivity index (χ2v) is 11.1. The Morgan fingerprint density at radius 1 is 0.674 bits per heavy atom. The number of rotatable bonds is 28. The van der Waals surface area contributed by atoms with Gasteiger partial charge >= 0.3 is 29.9 Å². The van der Waals surface area contributed by atoms with Crippen LogP contribution in [0.25, 0.3) is 0 Å². The van der Waals surface area contributed by atoms with E-state index in [9.17, 15) is 33.9 Å². The molecule has 16 heteroatoms. The maximum absolute atomic E-state index is 12.1. The standard InChI is InChI=1S/C30H50N6O10/c37-25(33-17-10-8-11-22(28(42)43)34-30(46)35-23(29(44)45)13-14-26(38)39)12-7-5-3-1-2-4-6-9-16-31-18-15-24-32-19-20-36(24)21-27(40)41/h19-20,22-23,31H,1-18,21H2,(H,33,37)(H,38,39)(H,40,41)(H,42,43)(H,44,45)(H2,34,35,46). The predicted octanol–water partition coefficient (Wildman–Crippen LogP) is 1.97. The lowest BCUT2D eigenvalue weighted by molar-refractivity contribution is -0.141. The van der Waals surface area contributed by atoms with E-state index in [2.05, 4.69) is 26.3 Å². The molecular weight excluding hydrogens is 604 g/mol. The van der Waals surface area contributed by atoms with E-state index in [0.717, 1.165) is 70.3 Å². The van der Waals surface area contributed by atoms with Gasteiger partial charge in [0.25, 0.3) is 0 Å². The van der Waals surface area contributed by atoms with Crippen molar-refractivity contribution in [3.05, 3.63) is 18.2 Å². The smallest absolute Gasteiger partial charge is 0.326 e. The number of nitrogens with one attached hydrogen (secondary N) is 4. The first-order chi connectivity index (χ1) is 22.0. The Kier molecular flexibility index (Phi) is 20.8.